The average molecular weight is 310 g/mol. The molecule has 2 heterocycles. The van der Waals surface area contributed by atoms with E-state index in [1.807, 2.05) is 0 Å². The van der Waals surface area contributed by atoms with E-state index in [-0.39, 0.29) is 5.91 Å². The fourth-order valence-corrected chi connectivity index (χ4v) is 3.43. The highest BCUT2D eigenvalue weighted by Gasteiger charge is 2.22. The van der Waals surface area contributed by atoms with Crippen LogP contribution in [0.2, 0.25) is 0 Å². The smallest absolute Gasteiger partial charge is 0.220 e. The minimum absolute atomic E-state index is 0.120. The van der Waals surface area contributed by atoms with Gasteiger partial charge in [0.1, 0.15) is 10.0 Å². The summed E-state index contributed by atoms with van der Waals surface area (Å²) in [7, 11) is 0. The Balaban J connectivity index is 1.73. The van der Waals surface area contributed by atoms with Crippen LogP contribution in [0.5, 0.6) is 0 Å². The molecule has 2 atom stereocenters. The van der Waals surface area contributed by atoms with E-state index >= 15 is 0 Å². The first kappa shape index (κ1) is 16.4. The van der Waals surface area contributed by atoms with Gasteiger partial charge in [-0.3, -0.25) is 4.79 Å². The summed E-state index contributed by atoms with van der Waals surface area (Å²) < 4.78 is 0. The number of carbonyl (C=O) groups is 1. The minimum atomic E-state index is 0.120. The predicted molar refractivity (Wildman–Crippen MR) is 85.2 cm³/mol. The third kappa shape index (κ3) is 5.04. The van der Waals surface area contributed by atoms with Crippen molar-refractivity contribution in [1.82, 2.24) is 20.8 Å². The number of rotatable bonds is 6. The first-order chi connectivity index (χ1) is 10.1. The fraction of sp³-hybridized carbons (Fsp3) is 0.800. The molecule has 2 rings (SSSR count). The molecule has 2 N–H and O–H groups in total. The summed E-state index contributed by atoms with van der Waals surface area (Å²) in [4.78, 5) is 12.0. The van der Waals surface area contributed by atoms with Gasteiger partial charge in [0.05, 0.1) is 6.54 Å². The van der Waals surface area contributed by atoms with Crippen LogP contribution >= 0.6 is 11.3 Å². The van der Waals surface area contributed by atoms with E-state index in [0.29, 0.717) is 30.7 Å². The largest absolute Gasteiger partial charge is 0.350 e. The van der Waals surface area contributed by atoms with Crippen LogP contribution in [-0.4, -0.2) is 29.2 Å². The number of nitrogens with one attached hydrogen (secondary N) is 2. The zero-order valence-electron chi connectivity index (χ0n) is 13.2. The highest BCUT2D eigenvalue weighted by molar-refractivity contribution is 7.11. The second-order valence-corrected chi connectivity index (χ2v) is 7.35. The SMILES string of the molecule is CC(C)c1nnc(CNC(=O)CC(C)C2CCCNC2)s1. The van der Waals surface area contributed by atoms with Gasteiger partial charge in [0.25, 0.3) is 0 Å². The molecule has 1 saturated heterocycles. The van der Waals surface area contributed by atoms with Crippen LogP contribution in [0.15, 0.2) is 0 Å². The van der Waals surface area contributed by atoms with Gasteiger partial charge in [0, 0.05) is 12.3 Å². The van der Waals surface area contributed by atoms with Crippen LogP contribution in [0, 0.1) is 11.8 Å². The van der Waals surface area contributed by atoms with Crippen LogP contribution in [0.4, 0.5) is 0 Å². The Hall–Kier alpha value is -1.01. The Kier molecular flexibility index (Phi) is 6.11. The third-order valence-electron chi connectivity index (χ3n) is 4.06. The molecule has 1 aliphatic heterocycles. The van der Waals surface area contributed by atoms with Gasteiger partial charge in [0.2, 0.25) is 5.91 Å². The summed E-state index contributed by atoms with van der Waals surface area (Å²) in [6.07, 6.45) is 3.05. The molecule has 6 heteroatoms. The molecular weight excluding hydrogens is 284 g/mol. The quantitative estimate of drug-likeness (QED) is 0.846. The summed E-state index contributed by atoms with van der Waals surface area (Å²) in [5.74, 6) is 1.57. The number of hydrogen-bond acceptors (Lipinski definition) is 5. The van der Waals surface area contributed by atoms with Crippen molar-refractivity contribution in [3.63, 3.8) is 0 Å². The molecule has 0 bridgehead atoms. The molecular formula is C15H26N4OS. The van der Waals surface area contributed by atoms with Gasteiger partial charge in [-0.05, 0) is 37.8 Å². The third-order valence-corrected chi connectivity index (χ3v) is 5.28. The van der Waals surface area contributed by atoms with Crippen molar-refractivity contribution >= 4 is 17.2 Å². The van der Waals surface area contributed by atoms with E-state index < -0.39 is 0 Å². The van der Waals surface area contributed by atoms with Crippen LogP contribution < -0.4 is 10.6 Å². The maximum atomic E-state index is 12.0. The number of aromatic nitrogens is 2. The molecule has 1 amide bonds. The van der Waals surface area contributed by atoms with Crippen molar-refractivity contribution in [3.8, 4) is 0 Å². The normalized spacial score (nSPS) is 20.5. The van der Waals surface area contributed by atoms with Crippen molar-refractivity contribution in [2.24, 2.45) is 11.8 Å². The predicted octanol–water partition coefficient (Wildman–Crippen LogP) is 2.30. The lowest BCUT2D eigenvalue weighted by Crippen LogP contribution is -2.35. The molecule has 118 valence electrons. The number of piperidine rings is 1. The molecule has 0 aromatic carbocycles. The van der Waals surface area contributed by atoms with E-state index in [4.69, 9.17) is 0 Å². The van der Waals surface area contributed by atoms with Gasteiger partial charge in [-0.15, -0.1) is 10.2 Å². The van der Waals surface area contributed by atoms with Crippen LogP contribution in [0.25, 0.3) is 0 Å². The minimum Gasteiger partial charge on any atom is -0.350 e. The zero-order valence-corrected chi connectivity index (χ0v) is 14.0. The van der Waals surface area contributed by atoms with Gasteiger partial charge < -0.3 is 10.6 Å². The molecule has 1 fully saturated rings. The number of hydrogen-bond donors (Lipinski definition) is 2. The molecule has 0 saturated carbocycles. The second-order valence-electron chi connectivity index (χ2n) is 6.25. The van der Waals surface area contributed by atoms with Crippen LogP contribution in [-0.2, 0) is 11.3 Å². The molecule has 0 spiro atoms. The maximum absolute atomic E-state index is 12.0. The van der Waals surface area contributed by atoms with Gasteiger partial charge in [0.15, 0.2) is 0 Å². The molecule has 0 radical (unpaired) electrons. The van der Waals surface area contributed by atoms with E-state index in [1.165, 1.54) is 12.8 Å². The van der Waals surface area contributed by atoms with Crippen molar-refractivity contribution in [1.29, 1.82) is 0 Å². The Bertz CT molecular complexity index is 454. The maximum Gasteiger partial charge on any atom is 0.220 e. The standard InChI is InChI=1S/C15H26N4OS/c1-10(2)15-19-18-14(21-15)9-17-13(20)7-11(3)12-5-4-6-16-8-12/h10-12,16H,4-9H2,1-3H3,(H,17,20). The van der Waals surface area contributed by atoms with Gasteiger partial charge >= 0.3 is 0 Å². The second kappa shape index (κ2) is 7.84. The van der Waals surface area contributed by atoms with Gasteiger partial charge in [-0.1, -0.05) is 32.1 Å². The van der Waals surface area contributed by atoms with Crippen molar-refractivity contribution in [2.75, 3.05) is 13.1 Å². The molecule has 1 aromatic rings. The van der Waals surface area contributed by atoms with E-state index in [1.54, 1.807) is 11.3 Å². The van der Waals surface area contributed by atoms with E-state index in [2.05, 4.69) is 41.6 Å². The van der Waals surface area contributed by atoms with Gasteiger partial charge in [-0.25, -0.2) is 0 Å². The van der Waals surface area contributed by atoms with Gasteiger partial charge in [-0.2, -0.15) is 0 Å². The van der Waals surface area contributed by atoms with Crippen LogP contribution in [0.1, 0.15) is 56.0 Å². The highest BCUT2D eigenvalue weighted by atomic mass is 32.1. The number of carbonyl (C=O) groups excluding carboxylic acids is 1. The summed E-state index contributed by atoms with van der Waals surface area (Å²) in [5.41, 5.74) is 0. The van der Waals surface area contributed by atoms with E-state index in [9.17, 15) is 4.79 Å². The van der Waals surface area contributed by atoms with E-state index in [0.717, 1.165) is 23.1 Å². The van der Waals surface area contributed by atoms with Crippen molar-refractivity contribution in [3.05, 3.63) is 10.0 Å². The lowest BCUT2D eigenvalue weighted by molar-refractivity contribution is -0.122. The Morgan fingerprint density at radius 1 is 1.43 bits per heavy atom. The highest BCUT2D eigenvalue weighted by Crippen LogP contribution is 2.22. The number of amides is 1. The Morgan fingerprint density at radius 2 is 2.24 bits per heavy atom. The lowest BCUT2D eigenvalue weighted by Gasteiger charge is -2.27. The molecule has 0 aliphatic carbocycles. The van der Waals surface area contributed by atoms with Crippen molar-refractivity contribution < 1.29 is 4.79 Å². The summed E-state index contributed by atoms with van der Waals surface area (Å²) in [6, 6.07) is 0. The topological polar surface area (TPSA) is 66.9 Å². The Labute approximate surface area is 130 Å². The first-order valence-corrected chi connectivity index (χ1v) is 8.67. The van der Waals surface area contributed by atoms with Crippen molar-refractivity contribution in [2.45, 2.75) is 52.5 Å². The zero-order chi connectivity index (χ0) is 15.2. The molecule has 5 nitrogen and oxygen atoms in total. The monoisotopic (exact) mass is 310 g/mol. The number of nitrogens with zero attached hydrogens (tertiary/aromatic N) is 2. The molecule has 2 unspecified atom stereocenters. The first-order valence-electron chi connectivity index (χ1n) is 7.86. The molecule has 1 aromatic heterocycles. The molecule has 1 aliphatic rings. The van der Waals surface area contributed by atoms with Crippen LogP contribution in [0.3, 0.4) is 0 Å². The fourth-order valence-electron chi connectivity index (χ4n) is 2.64. The summed E-state index contributed by atoms with van der Waals surface area (Å²) in [5, 5.41) is 16.6. The summed E-state index contributed by atoms with van der Waals surface area (Å²) in [6.45, 7) is 9.04. The Morgan fingerprint density at radius 3 is 2.86 bits per heavy atom. The summed E-state index contributed by atoms with van der Waals surface area (Å²) >= 11 is 1.58. The lowest BCUT2D eigenvalue weighted by atomic mass is 9.85. The molecule has 21 heavy (non-hydrogen) atoms. The average Bonchev–Trinajstić information content (AvgIpc) is 2.95.